The highest BCUT2D eigenvalue weighted by Crippen LogP contribution is 2.46. The van der Waals surface area contributed by atoms with Crippen molar-refractivity contribution < 1.29 is 32.7 Å². The Morgan fingerprint density at radius 3 is 2.55 bits per heavy atom. The third-order valence-electron chi connectivity index (χ3n) is 6.69. The van der Waals surface area contributed by atoms with Crippen LogP contribution >= 0.6 is 34.5 Å². The van der Waals surface area contributed by atoms with Crippen molar-refractivity contribution in [2.45, 2.75) is 70.3 Å². The Kier molecular flexibility index (Phi) is 9.32. The van der Waals surface area contributed by atoms with Gasteiger partial charge in [0.2, 0.25) is 0 Å². The maximum absolute atomic E-state index is 14.9. The second kappa shape index (κ2) is 12.4. The number of thiazole rings is 1. The summed E-state index contributed by atoms with van der Waals surface area (Å²) < 4.78 is 47.7. The number of piperazine rings is 1. The number of ether oxygens (including phenoxy) is 3. The lowest BCUT2D eigenvalue weighted by molar-refractivity contribution is -0.000919. The Bertz CT molecular complexity index is 1610. The van der Waals surface area contributed by atoms with Crippen LogP contribution in [0.3, 0.4) is 0 Å². The van der Waals surface area contributed by atoms with Crippen LogP contribution in [0.15, 0.2) is 23.1 Å². The summed E-state index contributed by atoms with van der Waals surface area (Å²) in [7, 11) is 0. The van der Waals surface area contributed by atoms with Crippen molar-refractivity contribution in [3.8, 4) is 11.1 Å². The van der Waals surface area contributed by atoms with Gasteiger partial charge < -0.3 is 23.7 Å². The summed E-state index contributed by atoms with van der Waals surface area (Å²) >= 11 is 13.1. The van der Waals surface area contributed by atoms with E-state index in [1.54, 1.807) is 56.8 Å². The van der Waals surface area contributed by atoms with Crippen LogP contribution in [0.2, 0.25) is 10.0 Å². The van der Waals surface area contributed by atoms with Gasteiger partial charge in [-0.25, -0.2) is 19.0 Å². The van der Waals surface area contributed by atoms with Gasteiger partial charge in [-0.15, -0.1) is 4.31 Å². The highest BCUT2D eigenvalue weighted by atomic mass is 35.5. The van der Waals surface area contributed by atoms with Crippen molar-refractivity contribution in [3.05, 3.63) is 39.6 Å². The molecule has 0 saturated carbocycles. The molecule has 1 fully saturated rings. The molecule has 0 aliphatic carbocycles. The SMILES string of the molecule is CC(C)(C)OC(=O)Nc1nc2c(-c3c(Cl)cc4c(c3Cl)COC[C@H]3CN(C(=O)OC(C)(C)C)CCN3[S+]4[O-])ccc(F)c2s1. The van der Waals surface area contributed by atoms with Gasteiger partial charge >= 0.3 is 12.2 Å². The number of hydrogen-bond acceptors (Lipinski definition) is 9. The molecule has 1 N–H and O–H groups in total. The molecule has 0 bridgehead atoms. The lowest BCUT2D eigenvalue weighted by atomic mass is 10.0. The van der Waals surface area contributed by atoms with Crippen molar-refractivity contribution >= 4 is 73.4 Å². The van der Waals surface area contributed by atoms with Crippen LogP contribution in [0.1, 0.15) is 47.1 Å². The van der Waals surface area contributed by atoms with Gasteiger partial charge in [-0.05, 0) is 53.7 Å². The van der Waals surface area contributed by atoms with Crippen molar-refractivity contribution in [3.63, 3.8) is 0 Å². The second-order valence-corrected chi connectivity index (χ2v) is 15.6. The molecule has 3 aromatic rings. The minimum atomic E-state index is -1.66. The number of carbonyl (C=O) groups is 2. The molecule has 5 rings (SSSR count). The molecule has 15 heteroatoms. The van der Waals surface area contributed by atoms with Gasteiger partial charge in [-0.2, -0.15) is 0 Å². The first-order chi connectivity index (χ1) is 20.5. The molecule has 238 valence electrons. The third-order valence-corrected chi connectivity index (χ3v) is 10.0. The molecule has 0 radical (unpaired) electrons. The van der Waals surface area contributed by atoms with E-state index in [-0.39, 0.29) is 51.2 Å². The largest absolute Gasteiger partial charge is 0.593 e. The van der Waals surface area contributed by atoms with Crippen LogP contribution in [0.25, 0.3) is 21.3 Å². The first kappa shape index (κ1) is 33.0. The van der Waals surface area contributed by atoms with Crippen molar-refractivity contribution in [2.75, 3.05) is 31.6 Å². The molecule has 1 aromatic heterocycles. The molecule has 44 heavy (non-hydrogen) atoms. The van der Waals surface area contributed by atoms with E-state index in [0.717, 1.165) is 11.3 Å². The Labute approximate surface area is 272 Å². The smallest absolute Gasteiger partial charge is 0.413 e. The highest BCUT2D eigenvalue weighted by Gasteiger charge is 2.42. The Hall–Kier alpha value is -2.39. The quantitative estimate of drug-likeness (QED) is 0.281. The molecular weight excluding hydrogens is 654 g/mol. The summed E-state index contributed by atoms with van der Waals surface area (Å²) in [5.41, 5.74) is 0.173. The van der Waals surface area contributed by atoms with Gasteiger partial charge in [0.15, 0.2) is 10.0 Å². The fourth-order valence-electron chi connectivity index (χ4n) is 4.91. The number of carbonyl (C=O) groups excluding carboxylic acids is 2. The summed E-state index contributed by atoms with van der Waals surface area (Å²) in [6.45, 7) is 11.8. The number of anilines is 1. The maximum atomic E-state index is 14.9. The zero-order chi connectivity index (χ0) is 32.1. The Balaban J connectivity index is 1.47. The standard InChI is InChI=1S/C29H33Cl2FN4O6S2/c1-28(2,3)41-26(37)34-25-33-23-16(7-8-19(32)24(23)43-25)21-18(30)11-20-17(22(21)31)14-40-13-15-12-35(9-10-36(15)44(20)39)27(38)42-29(4,5)6/h7-8,11,15H,9-10,12-14H2,1-6H3,(H,33,34,37)/t15-,44?/m1/s1. The normalized spacial score (nSPS) is 19.5. The summed E-state index contributed by atoms with van der Waals surface area (Å²) in [6, 6.07) is 4.03. The molecule has 2 aliphatic rings. The zero-order valence-electron chi connectivity index (χ0n) is 25.1. The predicted molar refractivity (Wildman–Crippen MR) is 169 cm³/mol. The molecule has 1 unspecified atom stereocenters. The Morgan fingerprint density at radius 1 is 1.16 bits per heavy atom. The molecule has 10 nitrogen and oxygen atoms in total. The lowest BCUT2D eigenvalue weighted by Gasteiger charge is -2.41. The minimum Gasteiger partial charge on any atom is -0.593 e. The summed E-state index contributed by atoms with van der Waals surface area (Å²) in [6.07, 6.45) is -1.15. The maximum Gasteiger partial charge on any atom is 0.413 e. The number of amides is 2. The first-order valence-corrected chi connectivity index (χ1v) is 16.5. The summed E-state index contributed by atoms with van der Waals surface area (Å²) in [4.78, 5) is 31.5. The predicted octanol–water partition coefficient (Wildman–Crippen LogP) is 7.23. The number of rotatable bonds is 2. The van der Waals surface area contributed by atoms with E-state index in [1.165, 1.54) is 12.1 Å². The van der Waals surface area contributed by atoms with Gasteiger partial charge in [0.25, 0.3) is 0 Å². The molecule has 2 aliphatic heterocycles. The van der Waals surface area contributed by atoms with Crippen LogP contribution < -0.4 is 5.32 Å². The second-order valence-electron chi connectivity index (χ2n) is 12.4. The van der Waals surface area contributed by atoms with Crippen LogP contribution in [-0.4, -0.2) is 74.4 Å². The van der Waals surface area contributed by atoms with Gasteiger partial charge in [0, 0.05) is 30.3 Å². The minimum absolute atomic E-state index is 0.0354. The van der Waals surface area contributed by atoms with Gasteiger partial charge in [0.1, 0.15) is 17.0 Å². The Morgan fingerprint density at radius 2 is 1.86 bits per heavy atom. The fourth-order valence-corrected chi connectivity index (χ4v) is 8.11. The lowest BCUT2D eigenvalue weighted by Crippen LogP contribution is -2.59. The van der Waals surface area contributed by atoms with Crippen molar-refractivity contribution in [1.29, 1.82) is 0 Å². The average Bonchev–Trinajstić information content (AvgIpc) is 3.32. The number of hydrogen-bond donors (Lipinski definition) is 1. The van der Waals surface area contributed by atoms with E-state index in [1.807, 2.05) is 0 Å². The van der Waals surface area contributed by atoms with Gasteiger partial charge in [-0.1, -0.05) is 34.5 Å². The van der Waals surface area contributed by atoms with Crippen LogP contribution in [0.4, 0.5) is 19.1 Å². The third kappa shape index (κ3) is 7.04. The number of nitrogens with zero attached hydrogens (tertiary/aromatic N) is 3. The number of halogens is 3. The fraction of sp³-hybridized carbons (Fsp3) is 0.483. The zero-order valence-corrected chi connectivity index (χ0v) is 28.2. The molecule has 2 amide bonds. The van der Waals surface area contributed by atoms with E-state index in [0.29, 0.717) is 34.7 Å². The van der Waals surface area contributed by atoms with Crippen molar-refractivity contribution in [2.24, 2.45) is 0 Å². The number of benzene rings is 2. The average molecular weight is 688 g/mol. The number of aromatic nitrogens is 1. The highest BCUT2D eigenvalue weighted by molar-refractivity contribution is 7.89. The van der Waals surface area contributed by atoms with E-state index < -0.39 is 40.6 Å². The van der Waals surface area contributed by atoms with Crippen LogP contribution in [0, 0.1) is 5.82 Å². The van der Waals surface area contributed by atoms with E-state index in [9.17, 15) is 18.5 Å². The molecule has 2 aromatic carbocycles. The topological polar surface area (TPSA) is 116 Å². The molecule has 3 heterocycles. The van der Waals surface area contributed by atoms with Gasteiger partial charge in [0.05, 0.1) is 63.0 Å². The van der Waals surface area contributed by atoms with Crippen LogP contribution in [-0.2, 0) is 32.2 Å². The van der Waals surface area contributed by atoms with E-state index in [4.69, 9.17) is 37.4 Å². The summed E-state index contributed by atoms with van der Waals surface area (Å²) in [5, 5.41) is 3.09. The first-order valence-electron chi connectivity index (χ1n) is 13.9. The van der Waals surface area contributed by atoms with Gasteiger partial charge in [-0.3, -0.25) is 5.32 Å². The van der Waals surface area contributed by atoms with Crippen molar-refractivity contribution in [1.82, 2.24) is 14.2 Å². The molecule has 0 spiro atoms. The molecule has 1 saturated heterocycles. The molecular formula is C29H33Cl2FN4O6S2. The number of nitrogens with one attached hydrogen (secondary N) is 1. The summed E-state index contributed by atoms with van der Waals surface area (Å²) in [5.74, 6) is -0.530. The van der Waals surface area contributed by atoms with Crippen LogP contribution in [0.5, 0.6) is 0 Å². The number of fused-ring (bicyclic) bond motifs is 3. The molecule has 2 atom stereocenters. The van der Waals surface area contributed by atoms with E-state index in [2.05, 4.69) is 10.3 Å². The van der Waals surface area contributed by atoms with E-state index >= 15 is 0 Å². The monoisotopic (exact) mass is 686 g/mol.